The molecule has 2 atom stereocenters. The number of piperidine rings is 1. The minimum Gasteiger partial charge on any atom is -0.296 e. The molecule has 0 aliphatic carbocycles. The summed E-state index contributed by atoms with van der Waals surface area (Å²) in [6.45, 7) is 6.52. The highest BCUT2D eigenvalue weighted by Gasteiger charge is 2.38. The molecule has 1 aliphatic rings. The highest BCUT2D eigenvalue weighted by molar-refractivity contribution is 7.90. The highest BCUT2D eigenvalue weighted by atomic mass is 32.2. The Kier molecular flexibility index (Phi) is 6.23. The minimum atomic E-state index is -2.94. The van der Waals surface area contributed by atoms with E-state index < -0.39 is 9.84 Å². The van der Waals surface area contributed by atoms with E-state index in [1.165, 1.54) is 25.5 Å². The van der Waals surface area contributed by atoms with Crippen LogP contribution in [0.1, 0.15) is 46.0 Å². The monoisotopic (exact) mass is 291 g/mol. The molecule has 2 unspecified atom stereocenters. The summed E-state index contributed by atoms with van der Waals surface area (Å²) in [5.41, 5.74) is 2.79. The average Bonchev–Trinajstić information content (AvgIpc) is 2.38. The van der Waals surface area contributed by atoms with Crippen LogP contribution in [0.4, 0.5) is 0 Å². The van der Waals surface area contributed by atoms with Gasteiger partial charge in [-0.15, -0.1) is 0 Å². The molecule has 6 heteroatoms. The van der Waals surface area contributed by atoms with E-state index in [0.717, 1.165) is 19.5 Å². The van der Waals surface area contributed by atoms with E-state index in [1.54, 1.807) is 0 Å². The molecule has 1 fully saturated rings. The van der Waals surface area contributed by atoms with Crippen LogP contribution in [0.5, 0.6) is 0 Å². The summed E-state index contributed by atoms with van der Waals surface area (Å²) >= 11 is 0. The van der Waals surface area contributed by atoms with Crippen LogP contribution >= 0.6 is 0 Å². The second kappa shape index (κ2) is 7.02. The highest BCUT2D eigenvalue weighted by Crippen LogP contribution is 2.28. The van der Waals surface area contributed by atoms with E-state index in [-0.39, 0.29) is 17.3 Å². The molecule has 1 aliphatic heterocycles. The third-order valence-corrected chi connectivity index (χ3v) is 5.50. The molecule has 0 spiro atoms. The fourth-order valence-corrected chi connectivity index (χ4v) is 3.66. The number of nitrogens with one attached hydrogen (secondary N) is 1. The number of sulfone groups is 1. The van der Waals surface area contributed by atoms with Crippen molar-refractivity contribution in [1.29, 1.82) is 0 Å². The van der Waals surface area contributed by atoms with Crippen molar-refractivity contribution in [3.63, 3.8) is 0 Å². The molecule has 0 amide bonds. The molecule has 3 N–H and O–H groups in total. The van der Waals surface area contributed by atoms with E-state index in [9.17, 15) is 8.42 Å². The van der Waals surface area contributed by atoms with Crippen LogP contribution in [0.15, 0.2) is 0 Å². The SMILES string of the molecule is CCC(C)(C(CCS(C)(=O)=O)NN)N1CCCCC1. The summed E-state index contributed by atoms with van der Waals surface area (Å²) in [6, 6.07) is 0.00493. The molecule has 5 nitrogen and oxygen atoms in total. The Hall–Kier alpha value is -0.170. The molecule has 0 saturated carbocycles. The number of hydrogen-bond donors (Lipinski definition) is 2. The van der Waals surface area contributed by atoms with E-state index in [4.69, 9.17) is 5.84 Å². The smallest absolute Gasteiger partial charge is 0.147 e. The molecule has 0 aromatic carbocycles. The summed E-state index contributed by atoms with van der Waals surface area (Å²) in [6.07, 6.45) is 6.55. The first-order chi connectivity index (χ1) is 8.83. The molecule has 0 aromatic heterocycles. The Bertz CT molecular complexity index is 366. The Morgan fingerprint density at radius 3 is 2.32 bits per heavy atom. The number of nitrogens with zero attached hydrogens (tertiary/aromatic N) is 1. The number of rotatable bonds is 7. The van der Waals surface area contributed by atoms with E-state index >= 15 is 0 Å². The number of nitrogens with two attached hydrogens (primary N) is 1. The van der Waals surface area contributed by atoms with Gasteiger partial charge < -0.3 is 0 Å². The van der Waals surface area contributed by atoms with Crippen molar-refractivity contribution in [2.75, 3.05) is 25.1 Å². The van der Waals surface area contributed by atoms with Crippen molar-refractivity contribution in [2.45, 2.75) is 57.5 Å². The van der Waals surface area contributed by atoms with Crippen molar-refractivity contribution in [3.05, 3.63) is 0 Å². The first-order valence-corrected chi connectivity index (χ1v) is 9.28. The summed E-state index contributed by atoms with van der Waals surface area (Å²) in [4.78, 5) is 2.48. The third kappa shape index (κ3) is 4.70. The van der Waals surface area contributed by atoms with Gasteiger partial charge in [-0.05, 0) is 45.7 Å². The molecule has 0 aromatic rings. The average molecular weight is 291 g/mol. The van der Waals surface area contributed by atoms with Gasteiger partial charge in [0.1, 0.15) is 9.84 Å². The van der Waals surface area contributed by atoms with Gasteiger partial charge in [-0.1, -0.05) is 13.3 Å². The molecule has 0 radical (unpaired) electrons. The molecule has 0 bridgehead atoms. The summed E-state index contributed by atoms with van der Waals surface area (Å²) in [5.74, 6) is 5.88. The number of likely N-dealkylation sites (tertiary alicyclic amines) is 1. The molecular formula is C13H29N3O2S. The zero-order valence-electron chi connectivity index (χ0n) is 12.5. The van der Waals surface area contributed by atoms with Crippen molar-refractivity contribution in [3.8, 4) is 0 Å². The normalized spacial score (nSPS) is 22.9. The second-order valence-electron chi connectivity index (χ2n) is 5.90. The van der Waals surface area contributed by atoms with Crippen LogP contribution in [-0.4, -0.2) is 50.0 Å². The molecular weight excluding hydrogens is 262 g/mol. The van der Waals surface area contributed by atoms with Gasteiger partial charge in [0.2, 0.25) is 0 Å². The first kappa shape index (κ1) is 16.9. The van der Waals surface area contributed by atoms with Gasteiger partial charge in [0.15, 0.2) is 0 Å². The molecule has 1 heterocycles. The molecule has 1 saturated heterocycles. The number of hydrazine groups is 1. The Morgan fingerprint density at radius 1 is 1.32 bits per heavy atom. The zero-order chi connectivity index (χ0) is 14.5. The van der Waals surface area contributed by atoms with Gasteiger partial charge in [0, 0.05) is 17.8 Å². The van der Waals surface area contributed by atoms with Crippen LogP contribution in [0.3, 0.4) is 0 Å². The Morgan fingerprint density at radius 2 is 1.89 bits per heavy atom. The van der Waals surface area contributed by atoms with Crippen molar-refractivity contribution in [1.82, 2.24) is 10.3 Å². The van der Waals surface area contributed by atoms with E-state index in [1.807, 2.05) is 0 Å². The quantitative estimate of drug-likeness (QED) is 0.538. The zero-order valence-corrected chi connectivity index (χ0v) is 13.3. The van der Waals surface area contributed by atoms with Crippen LogP contribution in [0.2, 0.25) is 0 Å². The lowest BCUT2D eigenvalue weighted by Crippen LogP contribution is -2.62. The Labute approximate surface area is 117 Å². The second-order valence-corrected chi connectivity index (χ2v) is 8.16. The maximum Gasteiger partial charge on any atom is 0.147 e. The van der Waals surface area contributed by atoms with Crippen molar-refractivity contribution >= 4 is 9.84 Å². The molecule has 114 valence electrons. The maximum atomic E-state index is 11.4. The van der Waals surface area contributed by atoms with Crippen LogP contribution in [0.25, 0.3) is 0 Å². The van der Waals surface area contributed by atoms with Crippen LogP contribution < -0.4 is 11.3 Å². The fourth-order valence-electron chi connectivity index (χ4n) is 3.00. The lowest BCUT2D eigenvalue weighted by molar-refractivity contribution is 0.0419. The standard InChI is InChI=1S/C13H29N3O2S/c1-4-13(2,16-9-6-5-7-10-16)12(15-14)8-11-19(3,17)18/h12,15H,4-11,14H2,1-3H3. The predicted octanol–water partition coefficient (Wildman–Crippen LogP) is 0.908. The fraction of sp³-hybridized carbons (Fsp3) is 1.00. The van der Waals surface area contributed by atoms with E-state index in [0.29, 0.717) is 6.42 Å². The molecule has 1 rings (SSSR count). The van der Waals surface area contributed by atoms with Crippen LogP contribution in [0, 0.1) is 0 Å². The van der Waals surface area contributed by atoms with Gasteiger partial charge in [-0.3, -0.25) is 16.2 Å². The minimum absolute atomic E-state index is 0.00493. The topological polar surface area (TPSA) is 75.4 Å². The summed E-state index contributed by atoms with van der Waals surface area (Å²) < 4.78 is 22.7. The number of hydrogen-bond acceptors (Lipinski definition) is 5. The van der Waals surface area contributed by atoms with Gasteiger partial charge in [-0.25, -0.2) is 8.42 Å². The summed E-state index contributed by atoms with van der Waals surface area (Å²) in [5, 5.41) is 0. The largest absolute Gasteiger partial charge is 0.296 e. The van der Waals surface area contributed by atoms with Crippen LogP contribution in [-0.2, 0) is 9.84 Å². The first-order valence-electron chi connectivity index (χ1n) is 7.22. The lowest BCUT2D eigenvalue weighted by atomic mass is 9.84. The third-order valence-electron chi connectivity index (χ3n) is 4.52. The van der Waals surface area contributed by atoms with Gasteiger partial charge in [0.05, 0.1) is 5.75 Å². The Balaban J connectivity index is 2.77. The maximum absolute atomic E-state index is 11.4. The van der Waals surface area contributed by atoms with E-state index in [2.05, 4.69) is 24.2 Å². The van der Waals surface area contributed by atoms with Crippen molar-refractivity contribution < 1.29 is 8.42 Å². The van der Waals surface area contributed by atoms with Crippen molar-refractivity contribution in [2.24, 2.45) is 5.84 Å². The van der Waals surface area contributed by atoms with Gasteiger partial charge in [0.25, 0.3) is 0 Å². The summed E-state index contributed by atoms with van der Waals surface area (Å²) in [7, 11) is -2.94. The lowest BCUT2D eigenvalue weighted by Gasteiger charge is -2.47. The molecule has 19 heavy (non-hydrogen) atoms. The van der Waals surface area contributed by atoms with Gasteiger partial charge in [-0.2, -0.15) is 0 Å². The van der Waals surface area contributed by atoms with Gasteiger partial charge >= 0.3 is 0 Å². The predicted molar refractivity (Wildman–Crippen MR) is 79.6 cm³/mol.